The first kappa shape index (κ1) is 15.8. The zero-order valence-electron chi connectivity index (χ0n) is 9.36. The van der Waals surface area contributed by atoms with E-state index in [0.717, 1.165) is 6.92 Å². The number of quaternary nitrogens is 1. The molecule has 0 rings (SSSR count). The van der Waals surface area contributed by atoms with E-state index in [1.807, 2.05) is 14.1 Å². The number of carboxylic acids is 1. The van der Waals surface area contributed by atoms with Crippen molar-refractivity contribution >= 4 is 5.97 Å². The third kappa shape index (κ3) is 17.4. The number of nitrogens with zero attached hydrogens (tertiary/aromatic N) is 1. The first-order chi connectivity index (χ1) is 6.21. The van der Waals surface area contributed by atoms with Crippen LogP contribution in [0, 0.1) is 0 Å². The highest BCUT2D eigenvalue weighted by atomic mass is 16.4. The highest BCUT2D eigenvalue weighted by molar-refractivity contribution is 5.60. The van der Waals surface area contributed by atoms with Gasteiger partial charge in [-0.15, -0.1) is 0 Å². The fourth-order valence-corrected chi connectivity index (χ4v) is 1.08. The normalized spacial score (nSPS) is 12.7. The topological polar surface area (TPSA) is 80.6 Å². The molecule has 0 aliphatic rings. The van der Waals surface area contributed by atoms with Gasteiger partial charge in [-0.2, -0.15) is 0 Å². The molecule has 14 heavy (non-hydrogen) atoms. The summed E-state index contributed by atoms with van der Waals surface area (Å²) in [5, 5.41) is 26.5. The molecular formula is C9H21NO4. The van der Waals surface area contributed by atoms with Gasteiger partial charge in [0.05, 0.1) is 20.7 Å². The van der Waals surface area contributed by atoms with Gasteiger partial charge >= 0.3 is 0 Å². The van der Waals surface area contributed by atoms with E-state index >= 15 is 0 Å². The second-order valence-corrected chi connectivity index (χ2v) is 3.91. The van der Waals surface area contributed by atoms with Gasteiger partial charge < -0.3 is 24.6 Å². The van der Waals surface area contributed by atoms with Gasteiger partial charge in [0, 0.05) is 5.97 Å². The van der Waals surface area contributed by atoms with E-state index < -0.39 is 5.97 Å². The van der Waals surface area contributed by atoms with Crippen LogP contribution < -0.4 is 5.11 Å². The van der Waals surface area contributed by atoms with Crippen LogP contribution in [0.5, 0.6) is 0 Å². The number of rotatable bonds is 4. The lowest BCUT2D eigenvalue weighted by Crippen LogP contribution is -2.46. The fraction of sp³-hybridized carbons (Fsp3) is 0.889. The molecule has 0 aromatic carbocycles. The minimum Gasteiger partial charge on any atom is -0.550 e. The molecule has 0 heterocycles. The number of aliphatic carboxylic acids is 1. The van der Waals surface area contributed by atoms with Crippen LogP contribution in [0.1, 0.15) is 13.8 Å². The van der Waals surface area contributed by atoms with Crippen LogP contribution >= 0.6 is 0 Å². The molecule has 5 nitrogen and oxygen atoms in total. The Bertz CT molecular complexity index is 153. The zero-order valence-corrected chi connectivity index (χ0v) is 9.36. The Balaban J connectivity index is 0. The summed E-state index contributed by atoms with van der Waals surface area (Å²) in [5.41, 5.74) is 0. The Hall–Kier alpha value is -0.650. The molecule has 0 aliphatic carbocycles. The molecule has 0 saturated carbocycles. The van der Waals surface area contributed by atoms with Crippen molar-refractivity contribution in [2.45, 2.75) is 20.0 Å². The Labute approximate surface area is 85.2 Å². The zero-order chi connectivity index (χ0) is 11.8. The summed E-state index contributed by atoms with van der Waals surface area (Å²) in [7, 11) is 3.98. The molecule has 0 aromatic heterocycles. The molecule has 2 N–H and O–H groups in total. The maximum atomic E-state index is 9.02. The summed E-state index contributed by atoms with van der Waals surface area (Å²) in [4.78, 5) is 8.89. The number of hydrogen-bond acceptors (Lipinski definition) is 4. The van der Waals surface area contributed by atoms with Crippen LogP contribution in [0.3, 0.4) is 0 Å². The fourth-order valence-electron chi connectivity index (χ4n) is 1.08. The van der Waals surface area contributed by atoms with Crippen molar-refractivity contribution in [3.05, 3.63) is 0 Å². The van der Waals surface area contributed by atoms with Crippen LogP contribution in [0.4, 0.5) is 0 Å². The van der Waals surface area contributed by atoms with E-state index in [4.69, 9.17) is 20.1 Å². The number of aliphatic hydroxyl groups excluding tert-OH is 2. The van der Waals surface area contributed by atoms with E-state index in [0.29, 0.717) is 17.6 Å². The Morgan fingerprint density at radius 3 is 2.07 bits per heavy atom. The van der Waals surface area contributed by atoms with Gasteiger partial charge in [-0.3, -0.25) is 0 Å². The molecule has 5 heteroatoms. The number of hydrogen-bond donors (Lipinski definition) is 2. The predicted molar refractivity (Wildman–Crippen MR) is 51.3 cm³/mol. The summed E-state index contributed by atoms with van der Waals surface area (Å²) < 4.78 is 0.675. The number of carboxylic acid groups (broad SMARTS) is 1. The molecule has 1 unspecified atom stereocenters. The van der Waals surface area contributed by atoms with Gasteiger partial charge in [-0.05, 0) is 13.8 Å². The number of aliphatic hydroxyl groups is 2. The Kier molecular flexibility index (Phi) is 8.72. The lowest BCUT2D eigenvalue weighted by molar-refractivity contribution is -0.893. The molecule has 0 spiro atoms. The summed E-state index contributed by atoms with van der Waals surface area (Å²) in [6, 6.07) is 0. The van der Waals surface area contributed by atoms with Crippen molar-refractivity contribution in [1.82, 2.24) is 0 Å². The summed E-state index contributed by atoms with van der Waals surface area (Å²) >= 11 is 0. The first-order valence-electron chi connectivity index (χ1n) is 4.50. The molecule has 1 atom stereocenters. The van der Waals surface area contributed by atoms with Gasteiger partial charge in [0.25, 0.3) is 0 Å². The smallest absolute Gasteiger partial charge is 0.104 e. The van der Waals surface area contributed by atoms with Crippen molar-refractivity contribution < 1.29 is 24.6 Å². The highest BCUT2D eigenvalue weighted by Gasteiger charge is 2.16. The predicted octanol–water partition coefficient (Wildman–Crippen LogP) is -1.81. The molecule has 0 saturated heterocycles. The minimum absolute atomic E-state index is 0.180. The third-order valence-corrected chi connectivity index (χ3v) is 1.46. The van der Waals surface area contributed by atoms with Gasteiger partial charge in [0.2, 0.25) is 0 Å². The van der Waals surface area contributed by atoms with Gasteiger partial charge in [-0.1, -0.05) is 0 Å². The number of likely N-dealkylation sites (N-methyl/N-ethyl adjacent to an activating group) is 1. The van der Waals surface area contributed by atoms with Crippen molar-refractivity contribution in [2.24, 2.45) is 0 Å². The van der Waals surface area contributed by atoms with Crippen LogP contribution in [-0.2, 0) is 4.79 Å². The number of carbonyl (C=O) groups is 1. The van der Waals surface area contributed by atoms with E-state index in [2.05, 4.69) is 0 Å². The second-order valence-electron chi connectivity index (χ2n) is 3.91. The van der Waals surface area contributed by atoms with Gasteiger partial charge in [0.1, 0.15) is 19.2 Å². The molecule has 0 aromatic rings. The first-order valence-corrected chi connectivity index (χ1v) is 4.50. The maximum absolute atomic E-state index is 9.02. The average Bonchev–Trinajstić information content (AvgIpc) is 1.80. The molecule has 0 fully saturated rings. The van der Waals surface area contributed by atoms with Gasteiger partial charge in [-0.25, -0.2) is 0 Å². The van der Waals surface area contributed by atoms with E-state index in [1.165, 1.54) is 0 Å². The monoisotopic (exact) mass is 207 g/mol. The van der Waals surface area contributed by atoms with E-state index in [-0.39, 0.29) is 12.7 Å². The van der Waals surface area contributed by atoms with Gasteiger partial charge in [0.15, 0.2) is 0 Å². The molecule has 86 valence electrons. The SMILES string of the molecule is CC(=O)[O-].CC(O)C[N+](C)(C)CCO. The quantitative estimate of drug-likeness (QED) is 0.533. The van der Waals surface area contributed by atoms with Crippen molar-refractivity contribution in [3.63, 3.8) is 0 Å². The van der Waals surface area contributed by atoms with Crippen molar-refractivity contribution in [2.75, 3.05) is 33.8 Å². The van der Waals surface area contributed by atoms with Crippen molar-refractivity contribution in [3.8, 4) is 0 Å². The van der Waals surface area contributed by atoms with Crippen LogP contribution in [0.2, 0.25) is 0 Å². The lowest BCUT2D eigenvalue weighted by Gasteiger charge is -2.29. The molecule has 0 bridgehead atoms. The molecule has 0 radical (unpaired) electrons. The Morgan fingerprint density at radius 1 is 1.50 bits per heavy atom. The van der Waals surface area contributed by atoms with E-state index in [9.17, 15) is 0 Å². The Morgan fingerprint density at radius 2 is 1.86 bits per heavy atom. The average molecular weight is 207 g/mol. The number of carbonyl (C=O) groups excluding carboxylic acids is 1. The van der Waals surface area contributed by atoms with E-state index in [1.54, 1.807) is 6.92 Å². The van der Waals surface area contributed by atoms with Crippen LogP contribution in [-0.4, -0.2) is 60.6 Å². The molecule has 0 aliphatic heterocycles. The summed E-state index contributed by atoms with van der Waals surface area (Å²) in [5.74, 6) is -1.08. The third-order valence-electron chi connectivity index (χ3n) is 1.46. The standard InChI is InChI=1S/C7H18NO2.C2H4O2/c1-7(10)6-8(2,3)4-5-9;1-2(3)4/h7,9-10H,4-6H2,1-3H3;1H3,(H,3,4)/q+1;/p-1. The second kappa shape index (κ2) is 7.73. The van der Waals surface area contributed by atoms with Crippen LogP contribution in [0.25, 0.3) is 0 Å². The van der Waals surface area contributed by atoms with Crippen LogP contribution in [0.15, 0.2) is 0 Å². The molecule has 0 amide bonds. The highest BCUT2D eigenvalue weighted by Crippen LogP contribution is 1.97. The summed E-state index contributed by atoms with van der Waals surface area (Å²) in [6.45, 7) is 4.31. The van der Waals surface area contributed by atoms with Crippen molar-refractivity contribution in [1.29, 1.82) is 0 Å². The lowest BCUT2D eigenvalue weighted by atomic mass is 10.3. The molecular weight excluding hydrogens is 186 g/mol. The summed E-state index contributed by atoms with van der Waals surface area (Å²) in [6.07, 6.45) is -0.290. The maximum Gasteiger partial charge on any atom is 0.104 e. The largest absolute Gasteiger partial charge is 0.550 e. The minimum atomic E-state index is -1.08.